The fraction of sp³-hybridized carbons (Fsp3) is 0. The van der Waals surface area contributed by atoms with Crippen molar-refractivity contribution in [1.82, 2.24) is 15.0 Å². The molecule has 0 aliphatic carbocycles. The fourth-order valence-electron chi connectivity index (χ4n) is 1.28. The van der Waals surface area contributed by atoms with Crippen molar-refractivity contribution in [2.24, 2.45) is 0 Å². The molecule has 0 spiro atoms. The Morgan fingerprint density at radius 3 is 2.59 bits per heavy atom. The number of halogens is 4. The lowest BCUT2D eigenvalue weighted by atomic mass is 10.2. The third-order valence-corrected chi connectivity index (χ3v) is 2.64. The quantitative estimate of drug-likeness (QED) is 0.800. The van der Waals surface area contributed by atoms with Gasteiger partial charge in [0.15, 0.2) is 11.0 Å². The zero-order valence-electron chi connectivity index (χ0n) is 7.99. The first kappa shape index (κ1) is 12.3. The highest BCUT2D eigenvalue weighted by molar-refractivity contribution is 6.68. The fourth-order valence-corrected chi connectivity index (χ4v) is 1.74. The molecule has 0 aliphatic heterocycles. The van der Waals surface area contributed by atoms with E-state index in [1.807, 2.05) is 0 Å². The van der Waals surface area contributed by atoms with Gasteiger partial charge in [-0.15, -0.1) is 5.10 Å². The topological polar surface area (TPSA) is 47.8 Å². The van der Waals surface area contributed by atoms with Crippen molar-refractivity contribution in [3.05, 3.63) is 39.9 Å². The number of carbonyl (C=O) groups is 1. The Balaban J connectivity index is 2.70. The molecule has 2 aromatic rings. The van der Waals surface area contributed by atoms with Gasteiger partial charge in [-0.25, -0.2) is 9.07 Å². The lowest BCUT2D eigenvalue weighted by molar-refractivity contribution is 0.107. The second kappa shape index (κ2) is 4.60. The molecule has 0 bridgehead atoms. The third kappa shape index (κ3) is 2.26. The molecule has 0 saturated heterocycles. The number of benzene rings is 1. The van der Waals surface area contributed by atoms with Crippen molar-refractivity contribution in [3.63, 3.8) is 0 Å². The van der Waals surface area contributed by atoms with Crippen LogP contribution < -0.4 is 0 Å². The number of hydrogen-bond donors (Lipinski definition) is 0. The van der Waals surface area contributed by atoms with Gasteiger partial charge >= 0.3 is 0 Å². The maximum absolute atomic E-state index is 13.7. The van der Waals surface area contributed by atoms with Crippen molar-refractivity contribution in [2.75, 3.05) is 0 Å². The van der Waals surface area contributed by atoms with Crippen molar-refractivity contribution in [1.29, 1.82) is 0 Å². The van der Waals surface area contributed by atoms with Crippen molar-refractivity contribution in [2.45, 2.75) is 0 Å². The van der Waals surface area contributed by atoms with Crippen molar-refractivity contribution >= 4 is 40.0 Å². The van der Waals surface area contributed by atoms with Gasteiger partial charge in [-0.1, -0.05) is 28.4 Å². The van der Waals surface area contributed by atoms with Crippen LogP contribution in [0.25, 0.3) is 5.69 Å². The van der Waals surface area contributed by atoms with Crippen LogP contribution in [0.4, 0.5) is 4.39 Å². The summed E-state index contributed by atoms with van der Waals surface area (Å²) >= 11 is 16.5. The minimum Gasteiger partial charge on any atom is -0.275 e. The highest BCUT2D eigenvalue weighted by Gasteiger charge is 2.19. The lowest BCUT2D eigenvalue weighted by Crippen LogP contribution is -2.06. The second-order valence-corrected chi connectivity index (χ2v) is 4.15. The second-order valence-electron chi connectivity index (χ2n) is 3.02. The molecule has 0 fully saturated rings. The molecule has 88 valence electrons. The van der Waals surface area contributed by atoms with E-state index in [0.29, 0.717) is 0 Å². The summed E-state index contributed by atoms with van der Waals surface area (Å²) in [6, 6.07) is 2.68. The minimum absolute atomic E-state index is 0.105. The highest BCUT2D eigenvalue weighted by atomic mass is 35.5. The van der Waals surface area contributed by atoms with Gasteiger partial charge < -0.3 is 0 Å². The molecular formula is C9H3Cl3FN3O. The minimum atomic E-state index is -0.980. The predicted octanol–water partition coefficient (Wildman–Crippen LogP) is 3.09. The van der Waals surface area contributed by atoms with Gasteiger partial charge in [-0.2, -0.15) is 0 Å². The number of nitrogens with zero attached hydrogens (tertiary/aromatic N) is 3. The Morgan fingerprint density at radius 2 is 2.06 bits per heavy atom. The molecule has 0 N–H and O–H groups in total. The third-order valence-electron chi connectivity index (χ3n) is 1.98. The molecule has 1 heterocycles. The summed E-state index contributed by atoms with van der Waals surface area (Å²) < 4.78 is 14.8. The predicted molar refractivity (Wildman–Crippen MR) is 61.5 cm³/mol. The zero-order chi connectivity index (χ0) is 12.6. The molecule has 0 unspecified atom stereocenters. The number of rotatable bonds is 2. The molecule has 8 heteroatoms. The van der Waals surface area contributed by atoms with E-state index in [1.165, 1.54) is 18.3 Å². The molecule has 0 amide bonds. The number of carbonyl (C=O) groups excluding carboxylic acids is 1. The van der Waals surface area contributed by atoms with E-state index in [2.05, 4.69) is 10.3 Å². The van der Waals surface area contributed by atoms with Gasteiger partial charge in [-0.05, 0) is 23.7 Å². The van der Waals surface area contributed by atoms with E-state index in [4.69, 9.17) is 34.8 Å². The van der Waals surface area contributed by atoms with Gasteiger partial charge in [0.1, 0.15) is 0 Å². The number of aromatic nitrogens is 3. The summed E-state index contributed by atoms with van der Waals surface area (Å²) in [5.74, 6) is -0.907. The molecular weight excluding hydrogens is 291 g/mol. The first-order chi connectivity index (χ1) is 8.00. The van der Waals surface area contributed by atoms with Crippen LogP contribution in [0.5, 0.6) is 0 Å². The van der Waals surface area contributed by atoms with Crippen LogP contribution in [0.15, 0.2) is 18.3 Å². The molecule has 1 aromatic carbocycles. The summed E-state index contributed by atoms with van der Waals surface area (Å²) in [6.45, 7) is 0. The van der Waals surface area contributed by atoms with Gasteiger partial charge in [0.05, 0.1) is 22.5 Å². The molecule has 0 aliphatic rings. The first-order valence-corrected chi connectivity index (χ1v) is 5.40. The van der Waals surface area contributed by atoms with Gasteiger partial charge in [-0.3, -0.25) is 4.79 Å². The standard InChI is InChI=1S/C9H3Cl3FN3O/c10-4-1-2-5(7(8(4)13)9(12)17)16-3-6(11)14-15-16/h1-3H. The van der Waals surface area contributed by atoms with Crippen LogP contribution >= 0.6 is 34.8 Å². The largest absolute Gasteiger partial charge is 0.275 e. The van der Waals surface area contributed by atoms with Crippen molar-refractivity contribution < 1.29 is 9.18 Å². The van der Waals surface area contributed by atoms with Crippen LogP contribution in [0.3, 0.4) is 0 Å². The SMILES string of the molecule is O=C(Cl)c1c(-n2cc(Cl)nn2)ccc(Cl)c1F. The number of hydrogen-bond acceptors (Lipinski definition) is 3. The Kier molecular flexibility index (Phi) is 3.33. The van der Waals surface area contributed by atoms with Crippen molar-refractivity contribution in [3.8, 4) is 5.69 Å². The van der Waals surface area contributed by atoms with E-state index >= 15 is 0 Å². The zero-order valence-corrected chi connectivity index (χ0v) is 10.3. The van der Waals surface area contributed by atoms with E-state index in [1.54, 1.807) is 0 Å². The van der Waals surface area contributed by atoms with Gasteiger partial charge in [0, 0.05) is 0 Å². The smallest absolute Gasteiger partial charge is 0.257 e. The van der Waals surface area contributed by atoms with E-state index in [9.17, 15) is 9.18 Å². The summed E-state index contributed by atoms with van der Waals surface area (Å²) in [4.78, 5) is 11.2. The van der Waals surface area contributed by atoms with E-state index in [-0.39, 0.29) is 21.4 Å². The average Bonchev–Trinajstić information content (AvgIpc) is 2.68. The molecule has 1 aromatic heterocycles. The molecule has 2 rings (SSSR count). The van der Waals surface area contributed by atoms with E-state index in [0.717, 1.165) is 4.68 Å². The van der Waals surface area contributed by atoms with Crippen LogP contribution in [0.2, 0.25) is 10.2 Å². The Labute approximate surface area is 110 Å². The lowest BCUT2D eigenvalue weighted by Gasteiger charge is -2.07. The summed E-state index contributed by atoms with van der Waals surface area (Å²) in [6.07, 6.45) is 1.31. The summed E-state index contributed by atoms with van der Waals surface area (Å²) in [5.41, 5.74) is -0.257. The van der Waals surface area contributed by atoms with Crippen LogP contribution in [0.1, 0.15) is 10.4 Å². The Hall–Kier alpha value is -1.17. The Morgan fingerprint density at radius 1 is 1.35 bits per heavy atom. The van der Waals surface area contributed by atoms with E-state index < -0.39 is 11.1 Å². The maximum Gasteiger partial charge on any atom is 0.257 e. The van der Waals surface area contributed by atoms with Crippen LogP contribution in [-0.2, 0) is 0 Å². The Bertz CT molecular complexity index is 599. The molecule has 4 nitrogen and oxygen atoms in total. The normalized spacial score (nSPS) is 10.6. The average molecular weight is 294 g/mol. The van der Waals surface area contributed by atoms with Crippen LogP contribution in [0, 0.1) is 5.82 Å². The van der Waals surface area contributed by atoms with Crippen LogP contribution in [-0.4, -0.2) is 20.2 Å². The maximum atomic E-state index is 13.7. The highest BCUT2D eigenvalue weighted by Crippen LogP contribution is 2.26. The first-order valence-electron chi connectivity index (χ1n) is 4.26. The van der Waals surface area contributed by atoms with Gasteiger partial charge in [0.25, 0.3) is 5.24 Å². The summed E-state index contributed by atoms with van der Waals surface area (Å²) in [5, 5.41) is 6.05. The molecule has 0 radical (unpaired) electrons. The summed E-state index contributed by atoms with van der Waals surface area (Å²) in [7, 11) is 0. The molecule has 17 heavy (non-hydrogen) atoms. The van der Waals surface area contributed by atoms with Gasteiger partial charge in [0.2, 0.25) is 0 Å². The molecule has 0 saturated carbocycles. The molecule has 0 atom stereocenters. The monoisotopic (exact) mass is 293 g/mol.